The Morgan fingerprint density at radius 3 is 2.73 bits per heavy atom. The lowest BCUT2D eigenvalue weighted by molar-refractivity contribution is 0.535. The zero-order valence-electron chi connectivity index (χ0n) is 8.75. The van der Waals surface area contributed by atoms with E-state index in [9.17, 15) is 0 Å². The minimum absolute atomic E-state index is 0.629. The fourth-order valence-electron chi connectivity index (χ4n) is 2.67. The summed E-state index contributed by atoms with van der Waals surface area (Å²) in [7, 11) is 0. The molecular formula is C13H16ClN. The average Bonchev–Trinajstić information content (AvgIpc) is 2.99. The van der Waals surface area contributed by atoms with Crippen LogP contribution in [0.2, 0.25) is 5.02 Å². The van der Waals surface area contributed by atoms with E-state index >= 15 is 0 Å². The Morgan fingerprint density at radius 1 is 1.20 bits per heavy atom. The normalized spacial score (nSPS) is 30.7. The molecule has 1 aromatic carbocycles. The average molecular weight is 222 g/mol. The highest BCUT2D eigenvalue weighted by Gasteiger charge is 2.37. The first-order valence-electron chi connectivity index (χ1n) is 5.82. The molecule has 2 fully saturated rings. The van der Waals surface area contributed by atoms with Crippen molar-refractivity contribution in [3.63, 3.8) is 0 Å². The minimum atomic E-state index is 0.629. The van der Waals surface area contributed by atoms with Gasteiger partial charge in [0.1, 0.15) is 0 Å². The van der Waals surface area contributed by atoms with Crippen LogP contribution >= 0.6 is 11.6 Å². The fourth-order valence-corrected chi connectivity index (χ4v) is 2.96. The van der Waals surface area contributed by atoms with E-state index in [2.05, 4.69) is 17.4 Å². The van der Waals surface area contributed by atoms with Crippen LogP contribution in [0.25, 0.3) is 0 Å². The van der Waals surface area contributed by atoms with E-state index in [-0.39, 0.29) is 0 Å². The van der Waals surface area contributed by atoms with E-state index in [0.717, 1.165) is 23.5 Å². The first-order chi connectivity index (χ1) is 7.34. The van der Waals surface area contributed by atoms with Crippen LogP contribution in [0, 0.1) is 5.92 Å². The predicted octanol–water partition coefficient (Wildman–Crippen LogP) is 3.20. The van der Waals surface area contributed by atoms with Crippen molar-refractivity contribution in [1.29, 1.82) is 0 Å². The van der Waals surface area contributed by atoms with Gasteiger partial charge in [0.05, 0.1) is 0 Å². The van der Waals surface area contributed by atoms with Crippen LogP contribution in [0.1, 0.15) is 30.7 Å². The van der Waals surface area contributed by atoms with Gasteiger partial charge in [-0.2, -0.15) is 0 Å². The Labute approximate surface area is 95.8 Å². The number of rotatable bonds is 2. The van der Waals surface area contributed by atoms with Crippen LogP contribution in [0.3, 0.4) is 0 Å². The second kappa shape index (κ2) is 3.80. The first kappa shape index (κ1) is 9.68. The summed E-state index contributed by atoms with van der Waals surface area (Å²) in [5.74, 6) is 1.58. The van der Waals surface area contributed by atoms with Gasteiger partial charge in [0.2, 0.25) is 0 Å². The van der Waals surface area contributed by atoms with E-state index in [1.54, 1.807) is 0 Å². The Balaban J connectivity index is 1.75. The molecule has 1 nitrogen and oxygen atoms in total. The van der Waals surface area contributed by atoms with Gasteiger partial charge in [0.25, 0.3) is 0 Å². The summed E-state index contributed by atoms with van der Waals surface area (Å²) < 4.78 is 0. The van der Waals surface area contributed by atoms with Crippen molar-refractivity contribution in [3.8, 4) is 0 Å². The van der Waals surface area contributed by atoms with Gasteiger partial charge in [-0.25, -0.2) is 0 Å². The van der Waals surface area contributed by atoms with Crippen LogP contribution in [0.4, 0.5) is 0 Å². The van der Waals surface area contributed by atoms with Crippen LogP contribution in [-0.4, -0.2) is 12.6 Å². The third kappa shape index (κ3) is 1.91. The highest BCUT2D eigenvalue weighted by Crippen LogP contribution is 2.40. The summed E-state index contributed by atoms with van der Waals surface area (Å²) in [4.78, 5) is 0. The topological polar surface area (TPSA) is 12.0 Å². The van der Waals surface area contributed by atoms with Crippen LogP contribution < -0.4 is 5.32 Å². The number of halogens is 1. The highest BCUT2D eigenvalue weighted by molar-refractivity contribution is 6.31. The summed E-state index contributed by atoms with van der Waals surface area (Å²) >= 11 is 6.22. The van der Waals surface area contributed by atoms with E-state index in [0.29, 0.717) is 5.92 Å². The lowest BCUT2D eigenvalue weighted by Gasteiger charge is -2.11. The minimum Gasteiger partial charge on any atom is -0.313 e. The summed E-state index contributed by atoms with van der Waals surface area (Å²) in [5, 5.41) is 4.57. The molecule has 0 spiro atoms. The standard InChI is InChI=1S/C13H16ClN/c14-12-4-2-1-3-11(12)10-7-13(15-8-10)9-5-6-9/h1-4,9-10,13,15H,5-8H2. The van der Waals surface area contributed by atoms with Crippen molar-refractivity contribution >= 4 is 11.6 Å². The molecule has 15 heavy (non-hydrogen) atoms. The maximum atomic E-state index is 6.22. The molecule has 2 unspecified atom stereocenters. The summed E-state index contributed by atoms with van der Waals surface area (Å²) in [6.45, 7) is 1.10. The fraction of sp³-hybridized carbons (Fsp3) is 0.538. The van der Waals surface area contributed by atoms with E-state index in [1.807, 2.05) is 12.1 Å². The second-order valence-corrected chi connectivity index (χ2v) is 5.21. The molecule has 0 aromatic heterocycles. The smallest absolute Gasteiger partial charge is 0.0441 e. The summed E-state index contributed by atoms with van der Waals surface area (Å²) in [6, 6.07) is 9.02. The molecule has 80 valence electrons. The molecule has 2 heteroatoms. The van der Waals surface area contributed by atoms with Crippen LogP contribution in [-0.2, 0) is 0 Å². The Morgan fingerprint density at radius 2 is 2.00 bits per heavy atom. The van der Waals surface area contributed by atoms with Crippen molar-refractivity contribution in [2.45, 2.75) is 31.2 Å². The molecular weight excluding hydrogens is 206 g/mol. The van der Waals surface area contributed by atoms with Crippen molar-refractivity contribution in [2.75, 3.05) is 6.54 Å². The van der Waals surface area contributed by atoms with Crippen molar-refractivity contribution in [2.24, 2.45) is 5.92 Å². The molecule has 1 saturated heterocycles. The van der Waals surface area contributed by atoms with Crippen molar-refractivity contribution < 1.29 is 0 Å². The van der Waals surface area contributed by atoms with Crippen molar-refractivity contribution in [1.82, 2.24) is 5.32 Å². The molecule has 0 radical (unpaired) electrons. The highest BCUT2D eigenvalue weighted by atomic mass is 35.5. The monoisotopic (exact) mass is 221 g/mol. The van der Waals surface area contributed by atoms with Crippen LogP contribution in [0.5, 0.6) is 0 Å². The molecule has 1 aliphatic heterocycles. The van der Waals surface area contributed by atoms with Gasteiger partial charge in [-0.05, 0) is 42.7 Å². The molecule has 1 heterocycles. The van der Waals surface area contributed by atoms with Gasteiger partial charge in [-0.1, -0.05) is 29.8 Å². The first-order valence-corrected chi connectivity index (χ1v) is 6.20. The van der Waals surface area contributed by atoms with Crippen LogP contribution in [0.15, 0.2) is 24.3 Å². The number of hydrogen-bond donors (Lipinski definition) is 1. The molecule has 3 rings (SSSR count). The van der Waals surface area contributed by atoms with Gasteiger partial charge in [0, 0.05) is 17.6 Å². The molecule has 2 atom stereocenters. The second-order valence-electron chi connectivity index (χ2n) is 4.81. The maximum Gasteiger partial charge on any atom is 0.0441 e. The molecule has 1 aromatic rings. The number of hydrogen-bond acceptors (Lipinski definition) is 1. The largest absolute Gasteiger partial charge is 0.313 e. The quantitative estimate of drug-likeness (QED) is 0.809. The van der Waals surface area contributed by atoms with E-state index in [1.165, 1.54) is 24.8 Å². The zero-order chi connectivity index (χ0) is 10.3. The number of nitrogens with one attached hydrogen (secondary N) is 1. The molecule has 1 aliphatic carbocycles. The molecule has 2 aliphatic rings. The van der Waals surface area contributed by atoms with Gasteiger partial charge < -0.3 is 5.32 Å². The number of benzene rings is 1. The van der Waals surface area contributed by atoms with E-state index < -0.39 is 0 Å². The lowest BCUT2D eigenvalue weighted by atomic mass is 9.95. The molecule has 1 saturated carbocycles. The summed E-state index contributed by atoms with van der Waals surface area (Å²) in [6.07, 6.45) is 4.12. The predicted molar refractivity (Wildman–Crippen MR) is 63.3 cm³/mol. The van der Waals surface area contributed by atoms with E-state index in [4.69, 9.17) is 11.6 Å². The lowest BCUT2D eigenvalue weighted by Crippen LogP contribution is -2.22. The zero-order valence-corrected chi connectivity index (χ0v) is 9.50. The molecule has 0 amide bonds. The SMILES string of the molecule is Clc1ccccc1C1CNC(C2CC2)C1. The van der Waals surface area contributed by atoms with Gasteiger partial charge in [-0.15, -0.1) is 0 Å². The molecule has 0 bridgehead atoms. The van der Waals surface area contributed by atoms with Gasteiger partial charge >= 0.3 is 0 Å². The molecule has 1 N–H and O–H groups in total. The van der Waals surface area contributed by atoms with Crippen molar-refractivity contribution in [3.05, 3.63) is 34.9 Å². The maximum absolute atomic E-state index is 6.22. The summed E-state index contributed by atoms with van der Waals surface area (Å²) in [5.41, 5.74) is 1.33. The Bertz CT molecular complexity index is 359. The van der Waals surface area contributed by atoms with Gasteiger partial charge in [0.15, 0.2) is 0 Å². The third-order valence-corrected chi connectivity index (χ3v) is 4.05. The third-order valence-electron chi connectivity index (χ3n) is 3.70. The van der Waals surface area contributed by atoms with Gasteiger partial charge in [-0.3, -0.25) is 0 Å². The Hall–Kier alpha value is -0.530. The Kier molecular flexibility index (Phi) is 2.45.